The molecule has 2 heterocycles. The van der Waals surface area contributed by atoms with Gasteiger partial charge in [-0.3, -0.25) is 4.90 Å². The van der Waals surface area contributed by atoms with Gasteiger partial charge < -0.3 is 0 Å². The summed E-state index contributed by atoms with van der Waals surface area (Å²) < 4.78 is 1.32. The number of thiazole rings is 1. The lowest BCUT2D eigenvalue weighted by Gasteiger charge is -2.31. The maximum Gasteiger partial charge on any atom is 0.108 e. The fourth-order valence-electron chi connectivity index (χ4n) is 2.81. The van der Waals surface area contributed by atoms with Crippen molar-refractivity contribution in [3.63, 3.8) is 0 Å². The summed E-state index contributed by atoms with van der Waals surface area (Å²) >= 11 is 1.85. The molecule has 0 unspecified atom stereocenters. The zero-order valence-electron chi connectivity index (χ0n) is 10.9. The van der Waals surface area contributed by atoms with Crippen molar-refractivity contribution in [1.82, 2.24) is 9.88 Å². The molecule has 0 bridgehead atoms. The topological polar surface area (TPSA) is 16.1 Å². The maximum atomic E-state index is 4.73. The van der Waals surface area contributed by atoms with Gasteiger partial charge in [-0.1, -0.05) is 25.5 Å². The second-order valence-corrected chi connectivity index (χ2v) is 6.34. The van der Waals surface area contributed by atoms with E-state index in [0.29, 0.717) is 0 Å². The molecular formula is C15H20N2S. The molecule has 96 valence electrons. The molecule has 2 nitrogen and oxygen atoms in total. The van der Waals surface area contributed by atoms with Gasteiger partial charge in [0.05, 0.1) is 16.8 Å². The minimum Gasteiger partial charge on any atom is -0.296 e. The van der Waals surface area contributed by atoms with E-state index in [-0.39, 0.29) is 0 Å². The van der Waals surface area contributed by atoms with E-state index in [0.717, 1.165) is 18.0 Å². The van der Waals surface area contributed by atoms with E-state index in [4.69, 9.17) is 4.98 Å². The lowest BCUT2D eigenvalue weighted by molar-refractivity contribution is 0.164. The first-order valence-corrected chi connectivity index (χ1v) is 7.73. The molecule has 1 aliphatic heterocycles. The van der Waals surface area contributed by atoms with Gasteiger partial charge in [-0.25, -0.2) is 4.98 Å². The summed E-state index contributed by atoms with van der Waals surface area (Å²) in [5.74, 6) is 0.896. The molecule has 1 aromatic carbocycles. The normalized spacial score (nSPS) is 21.5. The Labute approximate surface area is 113 Å². The first-order chi connectivity index (χ1) is 8.85. The molecule has 0 N–H and O–H groups in total. The Bertz CT molecular complexity index is 487. The minimum atomic E-state index is 0.896. The van der Waals surface area contributed by atoms with Gasteiger partial charge >= 0.3 is 0 Å². The van der Waals surface area contributed by atoms with E-state index in [1.807, 2.05) is 11.3 Å². The van der Waals surface area contributed by atoms with Crippen LogP contribution in [-0.4, -0.2) is 23.0 Å². The molecule has 0 aliphatic carbocycles. The third-order valence-electron chi connectivity index (χ3n) is 3.88. The van der Waals surface area contributed by atoms with Crippen molar-refractivity contribution < 1.29 is 0 Å². The van der Waals surface area contributed by atoms with E-state index in [1.165, 1.54) is 42.1 Å². The number of hydrogen-bond acceptors (Lipinski definition) is 3. The number of likely N-dealkylation sites (tertiary alicyclic amines) is 1. The molecule has 0 radical (unpaired) electrons. The second-order valence-electron chi connectivity index (χ2n) is 5.23. The average molecular weight is 260 g/mol. The molecule has 3 heteroatoms. The van der Waals surface area contributed by atoms with Crippen molar-refractivity contribution in [3.8, 4) is 0 Å². The Balaban J connectivity index is 1.71. The lowest BCUT2D eigenvalue weighted by atomic mass is 9.96. The predicted octanol–water partition coefficient (Wildman–Crippen LogP) is 3.92. The molecule has 2 aromatic rings. The summed E-state index contributed by atoms with van der Waals surface area (Å²) in [5.41, 5.74) is 1.15. The first-order valence-electron chi connectivity index (χ1n) is 6.92. The van der Waals surface area contributed by atoms with E-state index >= 15 is 0 Å². The molecule has 18 heavy (non-hydrogen) atoms. The number of aromatic nitrogens is 1. The van der Waals surface area contributed by atoms with Crippen LogP contribution in [0.3, 0.4) is 0 Å². The van der Waals surface area contributed by atoms with Gasteiger partial charge in [0.2, 0.25) is 0 Å². The fourth-order valence-corrected chi connectivity index (χ4v) is 3.82. The van der Waals surface area contributed by atoms with E-state index < -0.39 is 0 Å². The maximum absolute atomic E-state index is 4.73. The highest BCUT2D eigenvalue weighted by molar-refractivity contribution is 7.18. The van der Waals surface area contributed by atoms with Gasteiger partial charge in [0, 0.05) is 6.54 Å². The number of hydrogen-bond donors (Lipinski definition) is 0. The number of para-hydroxylation sites is 1. The summed E-state index contributed by atoms with van der Waals surface area (Å²) in [6.07, 6.45) is 4.08. The zero-order valence-corrected chi connectivity index (χ0v) is 11.7. The smallest absolute Gasteiger partial charge is 0.108 e. The van der Waals surface area contributed by atoms with E-state index in [9.17, 15) is 0 Å². The summed E-state index contributed by atoms with van der Waals surface area (Å²) in [6, 6.07) is 8.44. The van der Waals surface area contributed by atoms with Gasteiger partial charge in [0.25, 0.3) is 0 Å². The second kappa shape index (κ2) is 5.37. The van der Waals surface area contributed by atoms with Crippen LogP contribution in [0.4, 0.5) is 0 Å². The lowest BCUT2D eigenvalue weighted by Crippen LogP contribution is -2.34. The SMILES string of the molecule is CC[C@H]1CCCN(Cc2nc3ccccc3s2)C1. The number of piperidine rings is 1. The Hall–Kier alpha value is -0.930. The monoisotopic (exact) mass is 260 g/mol. The number of nitrogens with zero attached hydrogens (tertiary/aromatic N) is 2. The van der Waals surface area contributed by atoms with Gasteiger partial charge in [-0.15, -0.1) is 11.3 Å². The highest BCUT2D eigenvalue weighted by Crippen LogP contribution is 2.25. The van der Waals surface area contributed by atoms with Crippen molar-refractivity contribution in [1.29, 1.82) is 0 Å². The molecule has 0 amide bonds. The van der Waals surface area contributed by atoms with Crippen molar-refractivity contribution >= 4 is 21.6 Å². The van der Waals surface area contributed by atoms with Crippen LogP contribution in [0.1, 0.15) is 31.2 Å². The summed E-state index contributed by atoms with van der Waals surface area (Å²) in [6.45, 7) is 5.85. The van der Waals surface area contributed by atoms with Crippen LogP contribution in [-0.2, 0) is 6.54 Å². The molecule has 1 saturated heterocycles. The fraction of sp³-hybridized carbons (Fsp3) is 0.533. The first kappa shape index (κ1) is 12.1. The Morgan fingerprint density at radius 1 is 1.39 bits per heavy atom. The summed E-state index contributed by atoms with van der Waals surface area (Å²) in [7, 11) is 0. The summed E-state index contributed by atoms with van der Waals surface area (Å²) in [5, 5.41) is 1.27. The highest BCUT2D eigenvalue weighted by Gasteiger charge is 2.19. The van der Waals surface area contributed by atoms with Crippen molar-refractivity contribution in [2.45, 2.75) is 32.7 Å². The van der Waals surface area contributed by atoms with Crippen LogP contribution in [0.2, 0.25) is 0 Å². The Morgan fingerprint density at radius 3 is 3.11 bits per heavy atom. The van der Waals surface area contributed by atoms with Gasteiger partial charge in [0.15, 0.2) is 0 Å². The third-order valence-corrected chi connectivity index (χ3v) is 4.90. The molecule has 1 atom stereocenters. The van der Waals surface area contributed by atoms with Gasteiger partial charge in [-0.05, 0) is 37.4 Å². The van der Waals surface area contributed by atoms with Crippen molar-refractivity contribution in [2.75, 3.05) is 13.1 Å². The Kier molecular flexibility index (Phi) is 3.62. The van der Waals surface area contributed by atoms with E-state index in [2.05, 4.69) is 36.1 Å². The molecule has 1 aromatic heterocycles. The number of benzene rings is 1. The van der Waals surface area contributed by atoms with Crippen LogP contribution >= 0.6 is 11.3 Å². The molecule has 3 rings (SSSR count). The standard InChI is InChI=1S/C15H20N2S/c1-2-12-6-5-9-17(10-12)11-15-16-13-7-3-4-8-14(13)18-15/h3-4,7-8,12H,2,5-6,9-11H2,1H3/t12-/m0/s1. The van der Waals surface area contributed by atoms with Gasteiger partial charge in [-0.2, -0.15) is 0 Å². The minimum absolute atomic E-state index is 0.896. The average Bonchev–Trinajstić information content (AvgIpc) is 2.81. The number of fused-ring (bicyclic) bond motifs is 1. The van der Waals surface area contributed by atoms with Crippen LogP contribution in [0.25, 0.3) is 10.2 Å². The van der Waals surface area contributed by atoms with Crippen molar-refractivity contribution in [3.05, 3.63) is 29.3 Å². The zero-order chi connectivity index (χ0) is 12.4. The van der Waals surface area contributed by atoms with Crippen molar-refractivity contribution in [2.24, 2.45) is 5.92 Å². The largest absolute Gasteiger partial charge is 0.296 e. The van der Waals surface area contributed by atoms with Crippen LogP contribution in [0.15, 0.2) is 24.3 Å². The molecule has 0 spiro atoms. The molecular weight excluding hydrogens is 240 g/mol. The van der Waals surface area contributed by atoms with Gasteiger partial charge in [0.1, 0.15) is 5.01 Å². The Morgan fingerprint density at radius 2 is 2.28 bits per heavy atom. The summed E-state index contributed by atoms with van der Waals surface area (Å²) in [4.78, 5) is 7.31. The molecule has 1 fully saturated rings. The van der Waals surface area contributed by atoms with Crippen LogP contribution in [0.5, 0.6) is 0 Å². The highest BCUT2D eigenvalue weighted by atomic mass is 32.1. The molecule has 1 aliphatic rings. The van der Waals surface area contributed by atoms with Crippen LogP contribution < -0.4 is 0 Å². The quantitative estimate of drug-likeness (QED) is 0.831. The van der Waals surface area contributed by atoms with E-state index in [1.54, 1.807) is 0 Å². The molecule has 0 saturated carbocycles. The third kappa shape index (κ3) is 2.57. The van der Waals surface area contributed by atoms with Crippen LogP contribution in [0, 0.1) is 5.92 Å². The predicted molar refractivity (Wildman–Crippen MR) is 77.9 cm³/mol. The number of rotatable bonds is 3.